The molecule has 0 unspecified atom stereocenters. The second-order valence-electron chi connectivity index (χ2n) is 4.83. The lowest BCUT2D eigenvalue weighted by Gasteiger charge is -2.10. The van der Waals surface area contributed by atoms with Gasteiger partial charge in [-0.3, -0.25) is 9.59 Å². The Morgan fingerprint density at radius 2 is 1.77 bits per heavy atom. The van der Waals surface area contributed by atoms with E-state index in [-0.39, 0.29) is 11.3 Å². The fraction of sp³-hybridized carbons (Fsp3) is 0.200. The molecular weight excluding hydrogens is 297 g/mol. The van der Waals surface area contributed by atoms with E-state index in [0.717, 1.165) is 24.3 Å². The molecule has 1 amide bonds. The van der Waals surface area contributed by atoms with Crippen LogP contribution in [0.2, 0.25) is 0 Å². The summed E-state index contributed by atoms with van der Waals surface area (Å²) in [7, 11) is 1.68. The van der Waals surface area contributed by atoms with Gasteiger partial charge in [0.05, 0.1) is 5.56 Å². The molecule has 0 aliphatic carbocycles. The number of benzene rings is 1. The molecule has 1 N–H and O–H groups in total. The van der Waals surface area contributed by atoms with Gasteiger partial charge in [-0.2, -0.15) is 13.2 Å². The van der Waals surface area contributed by atoms with E-state index in [4.69, 9.17) is 0 Å². The molecule has 2 aromatic rings. The molecule has 0 spiro atoms. The summed E-state index contributed by atoms with van der Waals surface area (Å²) < 4.78 is 39.0. The number of nitrogens with zero attached hydrogens (tertiary/aromatic N) is 1. The first-order valence-electron chi connectivity index (χ1n) is 6.34. The van der Waals surface area contributed by atoms with Crippen LogP contribution in [-0.2, 0) is 13.2 Å². The maximum Gasteiger partial charge on any atom is 0.416 e. The average Bonchev–Trinajstić information content (AvgIpc) is 2.42. The summed E-state index contributed by atoms with van der Waals surface area (Å²) in [6.45, 7) is 1.72. The molecule has 2 rings (SSSR count). The van der Waals surface area contributed by atoms with Crippen molar-refractivity contribution in [3.8, 4) is 0 Å². The van der Waals surface area contributed by atoms with Crippen molar-refractivity contribution in [1.82, 2.24) is 4.57 Å². The van der Waals surface area contributed by atoms with Crippen LogP contribution in [0.5, 0.6) is 0 Å². The van der Waals surface area contributed by atoms with E-state index in [0.29, 0.717) is 5.69 Å². The van der Waals surface area contributed by atoms with Crippen LogP contribution in [0.4, 0.5) is 18.9 Å². The van der Waals surface area contributed by atoms with Gasteiger partial charge < -0.3 is 9.88 Å². The summed E-state index contributed by atoms with van der Waals surface area (Å²) in [4.78, 5) is 23.8. The van der Waals surface area contributed by atoms with Gasteiger partial charge in [0, 0.05) is 30.7 Å². The van der Waals surface area contributed by atoms with Crippen molar-refractivity contribution < 1.29 is 18.0 Å². The van der Waals surface area contributed by atoms with Gasteiger partial charge >= 0.3 is 6.18 Å². The number of amides is 1. The van der Waals surface area contributed by atoms with E-state index in [1.165, 1.54) is 12.3 Å². The Labute approximate surface area is 124 Å². The Bertz CT molecular complexity index is 762. The quantitative estimate of drug-likeness (QED) is 0.927. The van der Waals surface area contributed by atoms with Gasteiger partial charge in [0.15, 0.2) is 5.43 Å². The number of rotatable bonds is 2. The van der Waals surface area contributed by atoms with Gasteiger partial charge in [-0.1, -0.05) is 0 Å². The summed E-state index contributed by atoms with van der Waals surface area (Å²) in [6.07, 6.45) is -3.05. The van der Waals surface area contributed by atoms with Crippen molar-refractivity contribution >= 4 is 11.6 Å². The molecule has 0 aliphatic rings. The number of nitrogens with one attached hydrogen (secondary N) is 1. The van der Waals surface area contributed by atoms with Gasteiger partial charge in [-0.05, 0) is 31.2 Å². The number of hydrogen-bond donors (Lipinski definition) is 1. The first kappa shape index (κ1) is 15.8. The van der Waals surface area contributed by atoms with Crippen LogP contribution in [0.25, 0.3) is 0 Å². The van der Waals surface area contributed by atoms with E-state index in [9.17, 15) is 22.8 Å². The third-order valence-electron chi connectivity index (χ3n) is 3.20. The SMILES string of the molecule is Cc1cc(=O)c(C(=O)Nc2ccc(C(F)(F)F)cc2)cn1C. The lowest BCUT2D eigenvalue weighted by atomic mass is 10.2. The highest BCUT2D eigenvalue weighted by Crippen LogP contribution is 2.29. The first-order valence-corrected chi connectivity index (χ1v) is 6.34. The smallest absolute Gasteiger partial charge is 0.354 e. The number of alkyl halides is 3. The van der Waals surface area contributed by atoms with Crippen molar-refractivity contribution in [3.63, 3.8) is 0 Å². The van der Waals surface area contributed by atoms with Gasteiger partial charge in [-0.25, -0.2) is 0 Å². The minimum absolute atomic E-state index is 0.0759. The van der Waals surface area contributed by atoms with E-state index < -0.39 is 23.1 Å². The molecule has 1 aromatic heterocycles. The predicted molar refractivity (Wildman–Crippen MR) is 75.8 cm³/mol. The first-order chi connectivity index (χ1) is 10.2. The number of aromatic nitrogens is 1. The lowest BCUT2D eigenvalue weighted by Crippen LogP contribution is -2.23. The van der Waals surface area contributed by atoms with E-state index in [1.54, 1.807) is 18.5 Å². The van der Waals surface area contributed by atoms with Gasteiger partial charge in [0.2, 0.25) is 0 Å². The van der Waals surface area contributed by atoms with E-state index in [2.05, 4.69) is 5.32 Å². The van der Waals surface area contributed by atoms with Crippen LogP contribution in [0, 0.1) is 6.92 Å². The third kappa shape index (κ3) is 3.36. The number of carbonyl (C=O) groups excluding carboxylic acids is 1. The minimum atomic E-state index is -4.44. The van der Waals surface area contributed by atoms with Crippen molar-refractivity contribution in [1.29, 1.82) is 0 Å². The number of hydrogen-bond acceptors (Lipinski definition) is 2. The lowest BCUT2D eigenvalue weighted by molar-refractivity contribution is -0.137. The highest BCUT2D eigenvalue weighted by atomic mass is 19.4. The standard InChI is InChI=1S/C15H13F3N2O2/c1-9-7-13(21)12(8-20(9)2)14(22)19-11-5-3-10(4-6-11)15(16,17)18/h3-8H,1-2H3,(H,19,22). The Kier molecular flexibility index (Phi) is 4.07. The molecular formula is C15H13F3N2O2. The zero-order valence-electron chi connectivity index (χ0n) is 11.9. The fourth-order valence-corrected chi connectivity index (χ4v) is 1.84. The van der Waals surface area contributed by atoms with E-state index >= 15 is 0 Å². The Morgan fingerprint density at radius 1 is 1.18 bits per heavy atom. The molecule has 116 valence electrons. The van der Waals surface area contributed by atoms with Crippen LogP contribution in [0.1, 0.15) is 21.6 Å². The Hall–Kier alpha value is -2.57. The number of aryl methyl sites for hydroxylation is 2. The second kappa shape index (κ2) is 5.67. The van der Waals surface area contributed by atoms with Gasteiger partial charge in [-0.15, -0.1) is 0 Å². The van der Waals surface area contributed by atoms with Crippen molar-refractivity contribution in [2.45, 2.75) is 13.1 Å². The van der Waals surface area contributed by atoms with E-state index in [1.807, 2.05) is 0 Å². The average molecular weight is 310 g/mol. The fourth-order valence-electron chi connectivity index (χ4n) is 1.84. The molecule has 0 bridgehead atoms. The maximum absolute atomic E-state index is 12.5. The summed E-state index contributed by atoms with van der Waals surface area (Å²) in [5, 5.41) is 2.40. The molecule has 1 aromatic carbocycles. The van der Waals surface area contributed by atoms with Crippen LogP contribution in [-0.4, -0.2) is 10.5 Å². The predicted octanol–water partition coefficient (Wildman–Crippen LogP) is 2.96. The maximum atomic E-state index is 12.5. The second-order valence-corrected chi connectivity index (χ2v) is 4.83. The molecule has 0 aliphatic heterocycles. The van der Waals surface area contributed by atoms with Gasteiger partial charge in [0.1, 0.15) is 5.56 Å². The van der Waals surface area contributed by atoms with Crippen molar-refractivity contribution in [2.24, 2.45) is 7.05 Å². The molecule has 0 atom stereocenters. The third-order valence-corrected chi connectivity index (χ3v) is 3.20. The number of carbonyl (C=O) groups is 1. The minimum Gasteiger partial charge on any atom is -0.354 e. The summed E-state index contributed by atoms with van der Waals surface area (Å²) in [6, 6.07) is 5.33. The van der Waals surface area contributed by atoms with Crippen molar-refractivity contribution in [3.05, 3.63) is 63.6 Å². The zero-order valence-corrected chi connectivity index (χ0v) is 11.9. The molecule has 0 fully saturated rings. The molecule has 4 nitrogen and oxygen atoms in total. The molecule has 0 saturated heterocycles. The molecule has 7 heteroatoms. The molecule has 0 saturated carbocycles. The largest absolute Gasteiger partial charge is 0.416 e. The summed E-state index contributed by atoms with van der Waals surface area (Å²) >= 11 is 0. The van der Waals surface area contributed by atoms with Crippen LogP contribution in [0.15, 0.2) is 41.3 Å². The number of anilines is 1. The van der Waals surface area contributed by atoms with Crippen LogP contribution >= 0.6 is 0 Å². The van der Waals surface area contributed by atoms with Gasteiger partial charge in [0.25, 0.3) is 5.91 Å². The molecule has 22 heavy (non-hydrogen) atoms. The summed E-state index contributed by atoms with van der Waals surface area (Å²) in [5.74, 6) is -0.666. The highest BCUT2D eigenvalue weighted by Gasteiger charge is 2.30. The Morgan fingerprint density at radius 3 is 2.32 bits per heavy atom. The topological polar surface area (TPSA) is 51.1 Å². The monoisotopic (exact) mass is 310 g/mol. The highest BCUT2D eigenvalue weighted by molar-refractivity contribution is 6.04. The van der Waals surface area contributed by atoms with Crippen LogP contribution < -0.4 is 10.7 Å². The zero-order chi connectivity index (χ0) is 16.5. The normalized spacial score (nSPS) is 11.3. The number of halogens is 3. The van der Waals surface area contributed by atoms with Crippen molar-refractivity contribution in [2.75, 3.05) is 5.32 Å². The number of pyridine rings is 1. The van der Waals surface area contributed by atoms with Crippen LogP contribution in [0.3, 0.4) is 0 Å². The molecule has 1 heterocycles. The Balaban J connectivity index is 2.23. The molecule has 0 radical (unpaired) electrons. The summed E-state index contributed by atoms with van der Waals surface area (Å²) in [5.41, 5.74) is -0.457.